The van der Waals surface area contributed by atoms with Gasteiger partial charge in [-0.15, -0.1) is 15.3 Å². The van der Waals surface area contributed by atoms with E-state index >= 15 is 0 Å². The van der Waals surface area contributed by atoms with Crippen LogP contribution in [0.5, 0.6) is 0 Å². The SMILES string of the molecule is O=C(O)c1n[nH]nc1-c1nncs1. The molecule has 0 amide bonds. The number of hydrogen-bond donors (Lipinski definition) is 2. The van der Waals surface area contributed by atoms with Crippen molar-refractivity contribution in [1.29, 1.82) is 0 Å². The van der Waals surface area contributed by atoms with Crippen LogP contribution in [0.2, 0.25) is 0 Å². The first kappa shape index (κ1) is 7.80. The Balaban J connectivity index is 2.52. The Morgan fingerprint density at radius 2 is 2.38 bits per heavy atom. The molecular weight excluding hydrogens is 194 g/mol. The van der Waals surface area contributed by atoms with E-state index in [0.717, 1.165) is 0 Å². The third-order valence-corrected chi connectivity index (χ3v) is 2.01. The van der Waals surface area contributed by atoms with Gasteiger partial charge in [-0.05, 0) is 0 Å². The van der Waals surface area contributed by atoms with Crippen LogP contribution in [0.15, 0.2) is 5.51 Å². The van der Waals surface area contributed by atoms with Crippen LogP contribution in [0.3, 0.4) is 0 Å². The number of rotatable bonds is 2. The summed E-state index contributed by atoms with van der Waals surface area (Å²) in [5, 5.41) is 25.8. The highest BCUT2D eigenvalue weighted by molar-refractivity contribution is 7.12. The Kier molecular flexibility index (Phi) is 1.74. The van der Waals surface area contributed by atoms with Gasteiger partial charge in [-0.25, -0.2) is 4.79 Å². The molecule has 0 unspecified atom stereocenters. The van der Waals surface area contributed by atoms with Gasteiger partial charge in [0.1, 0.15) is 5.51 Å². The Morgan fingerprint density at radius 1 is 1.54 bits per heavy atom. The lowest BCUT2D eigenvalue weighted by Gasteiger charge is -1.87. The predicted octanol–water partition coefficient (Wildman–Crippen LogP) is 0.0214. The van der Waals surface area contributed by atoms with E-state index in [2.05, 4.69) is 25.6 Å². The van der Waals surface area contributed by atoms with Crippen LogP contribution in [-0.2, 0) is 0 Å². The van der Waals surface area contributed by atoms with Gasteiger partial charge >= 0.3 is 5.97 Å². The summed E-state index contributed by atoms with van der Waals surface area (Å²) in [5.41, 5.74) is 1.57. The molecule has 2 rings (SSSR count). The van der Waals surface area contributed by atoms with Gasteiger partial charge in [-0.3, -0.25) is 0 Å². The highest BCUT2D eigenvalue weighted by Crippen LogP contribution is 2.20. The fourth-order valence-corrected chi connectivity index (χ4v) is 1.35. The second-order valence-corrected chi connectivity index (χ2v) is 2.90. The smallest absolute Gasteiger partial charge is 0.358 e. The van der Waals surface area contributed by atoms with Crippen LogP contribution in [0.1, 0.15) is 10.5 Å². The summed E-state index contributed by atoms with van der Waals surface area (Å²) < 4.78 is 0. The minimum absolute atomic E-state index is 0.142. The molecule has 2 aromatic heterocycles. The van der Waals surface area contributed by atoms with Crippen LogP contribution in [-0.4, -0.2) is 36.7 Å². The van der Waals surface area contributed by atoms with E-state index in [9.17, 15) is 4.79 Å². The summed E-state index contributed by atoms with van der Waals surface area (Å²) in [6.45, 7) is 0. The normalized spacial score (nSPS) is 10.2. The van der Waals surface area contributed by atoms with Crippen molar-refractivity contribution in [1.82, 2.24) is 25.6 Å². The van der Waals surface area contributed by atoms with Crippen molar-refractivity contribution in [2.24, 2.45) is 0 Å². The molecule has 0 aliphatic carbocycles. The number of carboxylic acid groups (broad SMARTS) is 1. The first-order chi connectivity index (χ1) is 6.29. The summed E-state index contributed by atoms with van der Waals surface area (Å²) in [7, 11) is 0. The van der Waals surface area contributed by atoms with Crippen molar-refractivity contribution in [2.45, 2.75) is 0 Å². The van der Waals surface area contributed by atoms with Crippen LogP contribution in [0, 0.1) is 0 Å². The molecule has 0 atom stereocenters. The largest absolute Gasteiger partial charge is 0.476 e. The second kappa shape index (κ2) is 2.90. The molecule has 0 radical (unpaired) electrons. The average Bonchev–Trinajstić information content (AvgIpc) is 2.74. The summed E-state index contributed by atoms with van der Waals surface area (Å²) in [4.78, 5) is 10.6. The summed E-state index contributed by atoms with van der Waals surface area (Å²) in [5.74, 6) is -1.14. The molecule has 0 aliphatic heterocycles. The van der Waals surface area contributed by atoms with Crippen molar-refractivity contribution < 1.29 is 9.90 Å². The third-order valence-electron chi connectivity index (χ3n) is 1.31. The fraction of sp³-hybridized carbons (Fsp3) is 0. The van der Waals surface area contributed by atoms with Crippen molar-refractivity contribution in [3.05, 3.63) is 11.2 Å². The first-order valence-electron chi connectivity index (χ1n) is 3.19. The predicted molar refractivity (Wildman–Crippen MR) is 42.2 cm³/mol. The Bertz CT molecular complexity index is 422. The number of hydrogen-bond acceptors (Lipinski definition) is 6. The maximum absolute atomic E-state index is 10.6. The van der Waals surface area contributed by atoms with Gasteiger partial charge in [-0.1, -0.05) is 11.3 Å². The monoisotopic (exact) mass is 197 g/mol. The van der Waals surface area contributed by atoms with E-state index in [4.69, 9.17) is 5.11 Å². The summed E-state index contributed by atoms with van der Waals surface area (Å²) >= 11 is 1.20. The van der Waals surface area contributed by atoms with E-state index in [-0.39, 0.29) is 11.4 Å². The number of aromatic amines is 1. The minimum atomic E-state index is -1.14. The molecule has 0 spiro atoms. The average molecular weight is 197 g/mol. The van der Waals surface area contributed by atoms with Gasteiger partial charge in [-0.2, -0.15) is 10.3 Å². The lowest BCUT2D eigenvalue weighted by molar-refractivity contribution is 0.0691. The molecule has 0 bridgehead atoms. The molecule has 0 aliphatic rings. The first-order valence-corrected chi connectivity index (χ1v) is 4.07. The highest BCUT2D eigenvalue weighted by Gasteiger charge is 2.18. The maximum atomic E-state index is 10.6. The van der Waals surface area contributed by atoms with E-state index in [0.29, 0.717) is 5.01 Å². The number of nitrogens with zero attached hydrogens (tertiary/aromatic N) is 4. The number of carboxylic acids is 1. The number of nitrogens with one attached hydrogen (secondary N) is 1. The number of aromatic nitrogens is 5. The molecule has 0 aromatic carbocycles. The number of carbonyl (C=O) groups is 1. The van der Waals surface area contributed by atoms with Gasteiger partial charge in [0.05, 0.1) is 0 Å². The molecule has 7 nitrogen and oxygen atoms in total. The summed E-state index contributed by atoms with van der Waals surface area (Å²) in [6, 6.07) is 0. The summed E-state index contributed by atoms with van der Waals surface area (Å²) in [6.07, 6.45) is 0. The zero-order valence-electron chi connectivity index (χ0n) is 6.13. The van der Waals surface area contributed by atoms with Crippen molar-refractivity contribution in [3.8, 4) is 10.7 Å². The molecule has 8 heteroatoms. The highest BCUT2D eigenvalue weighted by atomic mass is 32.1. The zero-order chi connectivity index (χ0) is 9.26. The van der Waals surface area contributed by atoms with Crippen molar-refractivity contribution in [2.75, 3.05) is 0 Å². The van der Waals surface area contributed by atoms with E-state index in [1.54, 1.807) is 0 Å². The molecule has 0 saturated carbocycles. The Labute approximate surface area is 75.4 Å². The van der Waals surface area contributed by atoms with E-state index < -0.39 is 5.97 Å². The van der Waals surface area contributed by atoms with Gasteiger partial charge in [0.15, 0.2) is 10.7 Å². The van der Waals surface area contributed by atoms with Crippen molar-refractivity contribution in [3.63, 3.8) is 0 Å². The van der Waals surface area contributed by atoms with E-state index in [1.807, 2.05) is 0 Å². The quantitative estimate of drug-likeness (QED) is 0.703. The number of H-pyrrole nitrogens is 1. The third kappa shape index (κ3) is 1.26. The zero-order valence-corrected chi connectivity index (χ0v) is 6.95. The standard InChI is InChI=1S/C5H3N5O2S/c11-5(12)3-2(7-10-8-3)4-9-6-1-13-4/h1H,(H,11,12)(H,7,8,10). The molecule has 13 heavy (non-hydrogen) atoms. The maximum Gasteiger partial charge on any atom is 0.358 e. The fourth-order valence-electron chi connectivity index (χ4n) is 0.805. The molecule has 2 N–H and O–H groups in total. The van der Waals surface area contributed by atoms with Gasteiger partial charge in [0, 0.05) is 0 Å². The minimum Gasteiger partial charge on any atom is -0.476 e. The van der Waals surface area contributed by atoms with Crippen LogP contribution in [0.4, 0.5) is 0 Å². The molecule has 0 saturated heterocycles. The van der Waals surface area contributed by atoms with Gasteiger partial charge in [0.25, 0.3) is 0 Å². The topological polar surface area (TPSA) is 105 Å². The lowest BCUT2D eigenvalue weighted by Crippen LogP contribution is -1.99. The Morgan fingerprint density at radius 3 is 3.00 bits per heavy atom. The Hall–Kier alpha value is -1.83. The second-order valence-electron chi connectivity index (χ2n) is 2.07. The number of aromatic carboxylic acids is 1. The molecule has 66 valence electrons. The van der Waals surface area contributed by atoms with Crippen LogP contribution >= 0.6 is 11.3 Å². The lowest BCUT2D eigenvalue weighted by atomic mass is 10.3. The van der Waals surface area contributed by atoms with Gasteiger partial charge in [0.2, 0.25) is 5.69 Å². The molecule has 2 aromatic rings. The van der Waals surface area contributed by atoms with Crippen molar-refractivity contribution >= 4 is 17.3 Å². The van der Waals surface area contributed by atoms with Gasteiger partial charge < -0.3 is 5.11 Å². The molecule has 2 heterocycles. The van der Waals surface area contributed by atoms with Crippen LogP contribution < -0.4 is 0 Å². The molecular formula is C5H3N5O2S. The van der Waals surface area contributed by atoms with Crippen LogP contribution in [0.25, 0.3) is 10.7 Å². The van der Waals surface area contributed by atoms with E-state index in [1.165, 1.54) is 16.8 Å². The molecule has 0 fully saturated rings.